The molecule has 5 nitrogen and oxygen atoms in total. The number of hydrogen-bond donors (Lipinski definition) is 2. The van der Waals surface area contributed by atoms with Gasteiger partial charge in [-0.15, -0.1) is 0 Å². The molecule has 0 unspecified atom stereocenters. The molecule has 1 amide bonds. The molecule has 2 rings (SSSR count). The maximum atomic E-state index is 11.4. The molecule has 16 heavy (non-hydrogen) atoms. The highest BCUT2D eigenvalue weighted by Gasteiger charge is 2.26. The minimum atomic E-state index is -0.843. The van der Waals surface area contributed by atoms with E-state index in [4.69, 9.17) is 0 Å². The zero-order chi connectivity index (χ0) is 11.8. The molecule has 2 N–H and O–H groups in total. The molecule has 1 aliphatic heterocycles. The molecular weight excluding hydrogens is 206 g/mol. The molecule has 5 heteroatoms. The maximum Gasteiger partial charge on any atom is 0.245 e. The van der Waals surface area contributed by atoms with Crippen molar-refractivity contribution in [2.75, 3.05) is 23.3 Å². The number of aromatic nitrogens is 1. The number of fused-ring (bicyclic) bond motifs is 1. The summed E-state index contributed by atoms with van der Waals surface area (Å²) in [6, 6.07) is 3.70. The Morgan fingerprint density at radius 3 is 3.06 bits per heavy atom. The topological polar surface area (TPSA) is 65.5 Å². The van der Waals surface area contributed by atoms with E-state index in [9.17, 15) is 9.90 Å². The van der Waals surface area contributed by atoms with E-state index in [1.54, 1.807) is 20.0 Å². The molecule has 0 aromatic carbocycles. The van der Waals surface area contributed by atoms with Crippen LogP contribution < -0.4 is 10.2 Å². The van der Waals surface area contributed by atoms with Crippen LogP contribution in [0.3, 0.4) is 0 Å². The van der Waals surface area contributed by atoms with Crippen molar-refractivity contribution >= 4 is 17.4 Å². The van der Waals surface area contributed by atoms with E-state index in [2.05, 4.69) is 10.3 Å². The summed E-state index contributed by atoms with van der Waals surface area (Å²) in [4.78, 5) is 17.4. The number of nitrogens with one attached hydrogen (secondary N) is 1. The number of carbonyl (C=O) groups is 1. The van der Waals surface area contributed by atoms with Gasteiger partial charge < -0.3 is 15.3 Å². The van der Waals surface area contributed by atoms with E-state index in [1.807, 2.05) is 17.0 Å². The summed E-state index contributed by atoms with van der Waals surface area (Å²) < 4.78 is 0. The first-order valence-corrected chi connectivity index (χ1v) is 5.18. The first kappa shape index (κ1) is 10.9. The van der Waals surface area contributed by atoms with Gasteiger partial charge >= 0.3 is 0 Å². The molecule has 1 aliphatic rings. The zero-order valence-electron chi connectivity index (χ0n) is 9.40. The SMILES string of the molecule is CC(C)(O)CN1CC(=O)Nc2ncccc21. The highest BCUT2D eigenvalue weighted by molar-refractivity contribution is 5.99. The second-order valence-corrected chi connectivity index (χ2v) is 4.59. The average Bonchev–Trinajstić information content (AvgIpc) is 2.14. The van der Waals surface area contributed by atoms with Crippen molar-refractivity contribution in [1.29, 1.82) is 0 Å². The number of β-amino-alcohol motifs (C(OH)–C–C–N with tert-alkyl or cyclic N) is 1. The third-order valence-electron chi connectivity index (χ3n) is 2.30. The molecule has 1 aromatic rings. The van der Waals surface area contributed by atoms with Crippen LogP contribution >= 0.6 is 0 Å². The first-order chi connectivity index (χ1) is 7.46. The summed E-state index contributed by atoms with van der Waals surface area (Å²) in [6.45, 7) is 4.09. The summed E-state index contributed by atoms with van der Waals surface area (Å²) >= 11 is 0. The molecule has 0 aliphatic carbocycles. The van der Waals surface area contributed by atoms with Gasteiger partial charge in [0.15, 0.2) is 5.82 Å². The second kappa shape index (κ2) is 3.75. The average molecular weight is 221 g/mol. The van der Waals surface area contributed by atoms with Crippen LogP contribution in [0.25, 0.3) is 0 Å². The highest BCUT2D eigenvalue weighted by atomic mass is 16.3. The van der Waals surface area contributed by atoms with Gasteiger partial charge in [-0.05, 0) is 26.0 Å². The van der Waals surface area contributed by atoms with E-state index < -0.39 is 5.60 Å². The van der Waals surface area contributed by atoms with Gasteiger partial charge in [-0.3, -0.25) is 4.79 Å². The van der Waals surface area contributed by atoms with Crippen molar-refractivity contribution in [3.63, 3.8) is 0 Å². The summed E-state index contributed by atoms with van der Waals surface area (Å²) in [5, 5.41) is 12.5. The lowest BCUT2D eigenvalue weighted by molar-refractivity contribution is -0.115. The molecule has 0 atom stereocenters. The monoisotopic (exact) mass is 221 g/mol. The third-order valence-corrected chi connectivity index (χ3v) is 2.30. The summed E-state index contributed by atoms with van der Waals surface area (Å²) in [5.41, 5.74) is 0.00861. The Hall–Kier alpha value is -1.62. The van der Waals surface area contributed by atoms with Gasteiger partial charge in [0.05, 0.1) is 17.8 Å². The minimum Gasteiger partial charge on any atom is -0.389 e. The van der Waals surface area contributed by atoms with E-state index >= 15 is 0 Å². The largest absolute Gasteiger partial charge is 0.389 e. The number of pyridine rings is 1. The maximum absolute atomic E-state index is 11.4. The molecule has 0 fully saturated rings. The van der Waals surface area contributed by atoms with E-state index in [-0.39, 0.29) is 12.5 Å². The van der Waals surface area contributed by atoms with E-state index in [0.29, 0.717) is 12.4 Å². The summed E-state index contributed by atoms with van der Waals surface area (Å²) in [7, 11) is 0. The molecule has 0 radical (unpaired) electrons. The molecular formula is C11H15N3O2. The van der Waals surface area contributed by atoms with Gasteiger partial charge in [-0.2, -0.15) is 0 Å². The molecule has 0 saturated carbocycles. The molecule has 1 aromatic heterocycles. The van der Waals surface area contributed by atoms with Crippen molar-refractivity contribution < 1.29 is 9.90 Å². The Kier molecular flexibility index (Phi) is 2.55. The molecule has 0 spiro atoms. The number of hydrogen-bond acceptors (Lipinski definition) is 4. The van der Waals surface area contributed by atoms with Crippen LogP contribution in [0.1, 0.15) is 13.8 Å². The molecule has 2 heterocycles. The van der Waals surface area contributed by atoms with Crippen LogP contribution in [0.4, 0.5) is 11.5 Å². The van der Waals surface area contributed by atoms with Crippen LogP contribution in [-0.4, -0.2) is 34.7 Å². The normalized spacial score (nSPS) is 15.7. The van der Waals surface area contributed by atoms with E-state index in [0.717, 1.165) is 5.69 Å². The van der Waals surface area contributed by atoms with Crippen molar-refractivity contribution in [1.82, 2.24) is 4.98 Å². The van der Waals surface area contributed by atoms with Crippen LogP contribution in [0.2, 0.25) is 0 Å². The van der Waals surface area contributed by atoms with Gasteiger partial charge in [0.1, 0.15) is 0 Å². The van der Waals surface area contributed by atoms with Crippen molar-refractivity contribution in [3.05, 3.63) is 18.3 Å². The number of nitrogens with zero attached hydrogens (tertiary/aromatic N) is 2. The predicted molar refractivity (Wildman–Crippen MR) is 61.4 cm³/mol. The minimum absolute atomic E-state index is 0.101. The van der Waals surface area contributed by atoms with Gasteiger partial charge in [0.25, 0.3) is 0 Å². The summed E-state index contributed by atoms with van der Waals surface area (Å²) in [5.74, 6) is 0.457. The summed E-state index contributed by atoms with van der Waals surface area (Å²) in [6.07, 6.45) is 1.63. The van der Waals surface area contributed by atoms with Crippen molar-refractivity contribution in [2.45, 2.75) is 19.4 Å². The number of carbonyl (C=O) groups excluding carboxylic acids is 1. The number of rotatable bonds is 2. The fraction of sp³-hybridized carbons (Fsp3) is 0.455. The number of amides is 1. The Bertz CT molecular complexity index is 412. The van der Waals surface area contributed by atoms with Gasteiger partial charge in [-0.1, -0.05) is 0 Å². The van der Waals surface area contributed by atoms with Gasteiger partial charge in [-0.25, -0.2) is 4.98 Å². The van der Waals surface area contributed by atoms with Crippen LogP contribution in [0.5, 0.6) is 0 Å². The van der Waals surface area contributed by atoms with Gasteiger partial charge in [0, 0.05) is 12.7 Å². The third kappa shape index (κ3) is 2.30. The Balaban J connectivity index is 2.30. The van der Waals surface area contributed by atoms with Crippen LogP contribution in [-0.2, 0) is 4.79 Å². The lowest BCUT2D eigenvalue weighted by atomic mass is 10.1. The molecule has 86 valence electrons. The van der Waals surface area contributed by atoms with Gasteiger partial charge in [0.2, 0.25) is 5.91 Å². The second-order valence-electron chi connectivity index (χ2n) is 4.59. The lowest BCUT2D eigenvalue weighted by Gasteiger charge is -2.34. The van der Waals surface area contributed by atoms with E-state index in [1.165, 1.54) is 0 Å². The van der Waals surface area contributed by atoms with Crippen molar-refractivity contribution in [2.24, 2.45) is 0 Å². The Morgan fingerprint density at radius 2 is 2.38 bits per heavy atom. The lowest BCUT2D eigenvalue weighted by Crippen LogP contribution is -2.45. The fourth-order valence-electron chi connectivity index (χ4n) is 1.79. The fourth-order valence-corrected chi connectivity index (χ4v) is 1.79. The standard InChI is InChI=1S/C11H15N3O2/c1-11(2,16)7-14-6-9(15)13-10-8(14)4-3-5-12-10/h3-5,16H,6-7H2,1-2H3,(H,12,13,15). The van der Waals surface area contributed by atoms with Crippen LogP contribution in [0, 0.1) is 0 Å². The quantitative estimate of drug-likeness (QED) is 0.768. The smallest absolute Gasteiger partial charge is 0.245 e. The number of anilines is 2. The zero-order valence-corrected chi connectivity index (χ0v) is 9.40. The molecule has 0 saturated heterocycles. The van der Waals surface area contributed by atoms with Crippen LogP contribution in [0.15, 0.2) is 18.3 Å². The molecule has 0 bridgehead atoms. The first-order valence-electron chi connectivity index (χ1n) is 5.18. The number of aliphatic hydroxyl groups is 1. The van der Waals surface area contributed by atoms with Crippen molar-refractivity contribution in [3.8, 4) is 0 Å². The highest BCUT2D eigenvalue weighted by Crippen LogP contribution is 2.27. The Labute approximate surface area is 94.1 Å². The predicted octanol–water partition coefficient (Wildman–Crippen LogP) is 0.611. The Morgan fingerprint density at radius 1 is 1.62 bits per heavy atom.